The first kappa shape index (κ1) is 22.8. The third-order valence-electron chi connectivity index (χ3n) is 7.75. The van der Waals surface area contributed by atoms with E-state index in [4.69, 9.17) is 4.42 Å². The second kappa shape index (κ2) is 8.95. The van der Waals surface area contributed by atoms with Crippen LogP contribution in [0.25, 0.3) is 75.5 Å². The van der Waals surface area contributed by atoms with Crippen LogP contribution in [0.4, 0.5) is 0 Å². The molecule has 3 heteroatoms. The highest BCUT2D eigenvalue weighted by Gasteiger charge is 2.19. The van der Waals surface area contributed by atoms with Gasteiger partial charge < -0.3 is 4.42 Å². The van der Waals surface area contributed by atoms with Gasteiger partial charge in [0.1, 0.15) is 11.2 Å². The molecule has 6 aromatic carbocycles. The van der Waals surface area contributed by atoms with E-state index in [1.54, 1.807) is 0 Å². The van der Waals surface area contributed by atoms with Crippen LogP contribution in [0.15, 0.2) is 132 Å². The SMILES string of the molecule is N#Cc1cc(-c2cccc3c2sc2ccccc23)c(-c2ccc3oc4ccccc4c3c2)cc1-c1ccccc1. The molecular weight excluding hydrogens is 506 g/mol. The Labute approximate surface area is 235 Å². The molecule has 0 aliphatic heterocycles. The van der Waals surface area contributed by atoms with Crippen molar-refractivity contribution >= 4 is 53.4 Å². The molecule has 0 saturated carbocycles. The van der Waals surface area contributed by atoms with Gasteiger partial charge in [0.05, 0.1) is 11.6 Å². The summed E-state index contributed by atoms with van der Waals surface area (Å²) in [5.41, 5.74) is 8.76. The van der Waals surface area contributed by atoms with Crippen molar-refractivity contribution < 1.29 is 4.42 Å². The number of thiophene rings is 1. The molecule has 8 rings (SSSR count). The molecule has 0 spiro atoms. The molecule has 2 heterocycles. The number of benzene rings is 6. The van der Waals surface area contributed by atoms with E-state index in [9.17, 15) is 5.26 Å². The summed E-state index contributed by atoms with van der Waals surface area (Å²) in [6, 6.07) is 46.6. The van der Waals surface area contributed by atoms with Crippen LogP contribution >= 0.6 is 11.3 Å². The Balaban J connectivity index is 1.46. The molecule has 8 aromatic rings. The molecule has 0 bridgehead atoms. The molecule has 40 heavy (non-hydrogen) atoms. The summed E-state index contributed by atoms with van der Waals surface area (Å²) in [5.74, 6) is 0. The minimum atomic E-state index is 0.665. The van der Waals surface area contributed by atoms with Crippen LogP contribution in [0.5, 0.6) is 0 Å². The number of nitrogens with zero attached hydrogens (tertiary/aromatic N) is 1. The van der Waals surface area contributed by atoms with Crippen molar-refractivity contribution in [1.82, 2.24) is 0 Å². The Morgan fingerprint density at radius 1 is 0.500 bits per heavy atom. The predicted molar refractivity (Wildman–Crippen MR) is 168 cm³/mol. The fraction of sp³-hybridized carbons (Fsp3) is 0. The fourth-order valence-electron chi connectivity index (χ4n) is 5.86. The first-order valence-corrected chi connectivity index (χ1v) is 14.1. The quantitative estimate of drug-likeness (QED) is 0.229. The van der Waals surface area contributed by atoms with Crippen molar-refractivity contribution in [2.75, 3.05) is 0 Å². The van der Waals surface area contributed by atoms with E-state index in [1.165, 1.54) is 20.2 Å². The van der Waals surface area contributed by atoms with Gasteiger partial charge in [-0.05, 0) is 58.7 Å². The molecule has 0 fully saturated rings. The van der Waals surface area contributed by atoms with Gasteiger partial charge >= 0.3 is 0 Å². The lowest BCUT2D eigenvalue weighted by Crippen LogP contribution is -1.92. The van der Waals surface area contributed by atoms with Crippen LogP contribution in [0.1, 0.15) is 5.56 Å². The third kappa shape index (κ3) is 3.48. The summed E-state index contributed by atoms with van der Waals surface area (Å²) in [4.78, 5) is 0. The summed E-state index contributed by atoms with van der Waals surface area (Å²) in [5, 5.41) is 15.0. The summed E-state index contributed by atoms with van der Waals surface area (Å²) < 4.78 is 8.63. The molecule has 0 N–H and O–H groups in total. The molecule has 0 aliphatic carbocycles. The average molecular weight is 528 g/mol. The summed E-state index contributed by atoms with van der Waals surface area (Å²) in [7, 11) is 0. The number of hydrogen-bond donors (Lipinski definition) is 0. The molecule has 0 amide bonds. The molecule has 2 nitrogen and oxygen atoms in total. The molecule has 0 atom stereocenters. The highest BCUT2D eigenvalue weighted by atomic mass is 32.1. The fourth-order valence-corrected chi connectivity index (χ4v) is 7.09. The van der Waals surface area contributed by atoms with Crippen molar-refractivity contribution in [1.29, 1.82) is 5.26 Å². The lowest BCUT2D eigenvalue weighted by atomic mass is 9.87. The zero-order valence-corrected chi connectivity index (χ0v) is 22.2. The van der Waals surface area contributed by atoms with Gasteiger partial charge in [-0.1, -0.05) is 91.0 Å². The molecule has 0 radical (unpaired) electrons. The van der Waals surface area contributed by atoms with E-state index in [2.05, 4.69) is 97.1 Å². The molecule has 2 aromatic heterocycles. The predicted octanol–water partition coefficient (Wildman–Crippen LogP) is 10.8. The molecule has 0 aliphatic rings. The normalized spacial score (nSPS) is 11.5. The molecule has 186 valence electrons. The first-order valence-electron chi connectivity index (χ1n) is 13.2. The number of rotatable bonds is 3. The Morgan fingerprint density at radius 2 is 1.25 bits per heavy atom. The van der Waals surface area contributed by atoms with Crippen molar-refractivity contribution in [2.45, 2.75) is 0 Å². The maximum absolute atomic E-state index is 10.3. The minimum Gasteiger partial charge on any atom is -0.456 e. The average Bonchev–Trinajstić information content (AvgIpc) is 3.59. The summed E-state index contributed by atoms with van der Waals surface area (Å²) >= 11 is 1.81. The van der Waals surface area contributed by atoms with Gasteiger partial charge in [0.15, 0.2) is 0 Å². The van der Waals surface area contributed by atoms with Gasteiger partial charge in [-0.3, -0.25) is 0 Å². The highest BCUT2D eigenvalue weighted by Crippen LogP contribution is 2.45. The molecule has 0 unspecified atom stereocenters. The number of nitriles is 1. The Bertz CT molecular complexity index is 2280. The maximum atomic E-state index is 10.3. The van der Waals surface area contributed by atoms with Crippen LogP contribution in [-0.2, 0) is 0 Å². The van der Waals surface area contributed by atoms with Crippen molar-refractivity contribution in [3.8, 4) is 39.4 Å². The maximum Gasteiger partial charge on any atom is 0.135 e. The zero-order chi connectivity index (χ0) is 26.6. The van der Waals surface area contributed by atoms with Gasteiger partial charge in [-0.25, -0.2) is 0 Å². The summed E-state index contributed by atoms with van der Waals surface area (Å²) in [6.45, 7) is 0. The second-order valence-corrected chi connectivity index (χ2v) is 11.1. The lowest BCUT2D eigenvalue weighted by Gasteiger charge is -2.16. The second-order valence-electron chi connectivity index (χ2n) is 10.0. The number of para-hydroxylation sites is 1. The smallest absolute Gasteiger partial charge is 0.135 e. The highest BCUT2D eigenvalue weighted by molar-refractivity contribution is 7.26. The van der Waals surface area contributed by atoms with E-state index in [1.807, 2.05) is 47.7 Å². The standard InChI is InChI=1S/C37H21NOS/c38-22-25-20-32(29-14-8-13-28-27-12-5-7-16-36(27)40-37(28)29)31(21-30(25)23-9-2-1-3-10-23)24-17-18-35-33(19-24)26-11-4-6-15-34(26)39-35/h1-21H. The number of fused-ring (bicyclic) bond motifs is 6. The monoisotopic (exact) mass is 527 g/mol. The van der Waals surface area contributed by atoms with E-state index in [-0.39, 0.29) is 0 Å². The van der Waals surface area contributed by atoms with E-state index >= 15 is 0 Å². The topological polar surface area (TPSA) is 36.9 Å². The van der Waals surface area contributed by atoms with Crippen LogP contribution in [0, 0.1) is 11.3 Å². The van der Waals surface area contributed by atoms with Gasteiger partial charge in [-0.2, -0.15) is 5.26 Å². The Hall–Kier alpha value is -5.17. The van der Waals surface area contributed by atoms with E-state index < -0.39 is 0 Å². The van der Waals surface area contributed by atoms with Crippen LogP contribution in [0.3, 0.4) is 0 Å². The molecule has 0 saturated heterocycles. The van der Waals surface area contributed by atoms with Crippen molar-refractivity contribution in [3.63, 3.8) is 0 Å². The van der Waals surface area contributed by atoms with Gasteiger partial charge in [0, 0.05) is 42.1 Å². The first-order chi connectivity index (χ1) is 19.8. The van der Waals surface area contributed by atoms with Crippen LogP contribution in [0.2, 0.25) is 0 Å². The van der Waals surface area contributed by atoms with Gasteiger partial charge in [0.25, 0.3) is 0 Å². The number of hydrogen-bond acceptors (Lipinski definition) is 3. The van der Waals surface area contributed by atoms with Crippen LogP contribution < -0.4 is 0 Å². The van der Waals surface area contributed by atoms with Crippen molar-refractivity contribution in [2.24, 2.45) is 0 Å². The lowest BCUT2D eigenvalue weighted by molar-refractivity contribution is 0.669. The van der Waals surface area contributed by atoms with E-state index in [0.717, 1.165) is 55.3 Å². The largest absolute Gasteiger partial charge is 0.456 e. The Morgan fingerprint density at radius 3 is 2.12 bits per heavy atom. The Kier molecular flexibility index (Phi) is 5.10. The van der Waals surface area contributed by atoms with Gasteiger partial charge in [0.2, 0.25) is 0 Å². The number of furan rings is 1. The van der Waals surface area contributed by atoms with Crippen LogP contribution in [-0.4, -0.2) is 0 Å². The third-order valence-corrected chi connectivity index (χ3v) is 8.96. The zero-order valence-electron chi connectivity index (χ0n) is 21.4. The van der Waals surface area contributed by atoms with Crippen molar-refractivity contribution in [3.05, 3.63) is 133 Å². The minimum absolute atomic E-state index is 0.665. The van der Waals surface area contributed by atoms with Gasteiger partial charge in [-0.15, -0.1) is 11.3 Å². The van der Waals surface area contributed by atoms with E-state index in [0.29, 0.717) is 5.56 Å². The molecular formula is C37H21NOS. The summed E-state index contributed by atoms with van der Waals surface area (Å²) in [6.07, 6.45) is 0.